The topological polar surface area (TPSA) is 32.2 Å². The molecule has 1 fully saturated rings. The van der Waals surface area contributed by atoms with Crippen molar-refractivity contribution < 1.29 is 0 Å². The molecule has 4 rings (SSSR count). The third kappa shape index (κ3) is 1.60. The van der Waals surface area contributed by atoms with Gasteiger partial charge in [0.25, 0.3) is 0 Å². The first-order chi connectivity index (χ1) is 9.36. The van der Waals surface area contributed by atoms with Gasteiger partial charge in [-0.25, -0.2) is 6.57 Å². The Labute approximate surface area is 112 Å². The van der Waals surface area contributed by atoms with Crippen molar-refractivity contribution in [3.05, 3.63) is 46.9 Å². The molecule has 1 aliphatic carbocycles. The smallest absolute Gasteiger partial charge is 0.218 e. The molecule has 1 saturated heterocycles. The Kier molecular flexibility index (Phi) is 2.39. The molecule has 3 heteroatoms. The Morgan fingerprint density at radius 3 is 3.21 bits per heavy atom. The minimum absolute atomic E-state index is 0.509. The maximum atomic E-state index is 7.07. The zero-order valence-electron chi connectivity index (χ0n) is 10.8. The molecule has 96 valence electrons. The Balaban J connectivity index is 1.79. The van der Waals surface area contributed by atoms with Crippen LogP contribution < -0.4 is 5.32 Å². The van der Waals surface area contributed by atoms with Crippen molar-refractivity contribution >= 4 is 10.9 Å². The molecule has 19 heavy (non-hydrogen) atoms. The van der Waals surface area contributed by atoms with Gasteiger partial charge in [-0.3, -0.25) is 0 Å². The van der Waals surface area contributed by atoms with Crippen LogP contribution in [0.1, 0.15) is 23.5 Å². The standard InChI is InChI=1S/C16H17N3/c1-17-7-10-5-13-12-3-2-4-14-16(12)11(9-19-14)6-15(13)18-8-10/h2-4,9-10,13,15,18-19H,5-8H2/t10?,13-,15-/m1/s1. The Morgan fingerprint density at radius 2 is 2.32 bits per heavy atom. The lowest BCUT2D eigenvalue weighted by molar-refractivity contribution is 0.279. The number of piperidine rings is 1. The Morgan fingerprint density at radius 1 is 1.37 bits per heavy atom. The van der Waals surface area contributed by atoms with Crippen LogP contribution in [0.25, 0.3) is 15.7 Å². The molecule has 0 radical (unpaired) electrons. The minimum Gasteiger partial charge on any atom is -0.361 e. The van der Waals surface area contributed by atoms with Crippen molar-refractivity contribution in [3.63, 3.8) is 0 Å². The number of hydrogen-bond donors (Lipinski definition) is 2. The lowest BCUT2D eigenvalue weighted by Crippen LogP contribution is -2.47. The predicted molar refractivity (Wildman–Crippen MR) is 76.1 cm³/mol. The number of benzene rings is 1. The van der Waals surface area contributed by atoms with E-state index in [0.29, 0.717) is 24.4 Å². The maximum absolute atomic E-state index is 7.07. The zero-order chi connectivity index (χ0) is 12.8. The van der Waals surface area contributed by atoms with Gasteiger partial charge in [-0.05, 0) is 30.0 Å². The normalized spacial score (nSPS) is 28.9. The number of nitrogens with one attached hydrogen (secondary N) is 2. The van der Waals surface area contributed by atoms with Crippen LogP contribution in [-0.4, -0.2) is 24.1 Å². The number of nitrogens with zero attached hydrogens (tertiary/aromatic N) is 1. The fraction of sp³-hybridized carbons (Fsp3) is 0.438. The average Bonchev–Trinajstić information content (AvgIpc) is 2.85. The summed E-state index contributed by atoms with van der Waals surface area (Å²) in [6, 6.07) is 7.14. The number of H-pyrrole nitrogens is 1. The summed E-state index contributed by atoms with van der Waals surface area (Å²) in [6.45, 7) is 8.73. The van der Waals surface area contributed by atoms with Crippen molar-refractivity contribution in [2.24, 2.45) is 5.92 Å². The number of hydrogen-bond acceptors (Lipinski definition) is 1. The lowest BCUT2D eigenvalue weighted by Gasteiger charge is -2.39. The van der Waals surface area contributed by atoms with Crippen LogP contribution in [-0.2, 0) is 6.42 Å². The van der Waals surface area contributed by atoms with E-state index in [9.17, 15) is 0 Å². The van der Waals surface area contributed by atoms with Crippen LogP contribution in [0, 0.1) is 12.5 Å². The molecule has 2 N–H and O–H groups in total. The van der Waals surface area contributed by atoms with Gasteiger partial charge in [0.1, 0.15) is 0 Å². The highest BCUT2D eigenvalue weighted by Crippen LogP contribution is 2.41. The van der Waals surface area contributed by atoms with Crippen LogP contribution in [0.5, 0.6) is 0 Å². The molecule has 1 aromatic carbocycles. The van der Waals surface area contributed by atoms with E-state index in [1.807, 2.05) is 0 Å². The van der Waals surface area contributed by atoms with Crippen LogP contribution in [0.4, 0.5) is 0 Å². The summed E-state index contributed by atoms with van der Waals surface area (Å²) in [5.74, 6) is 1.09. The second-order valence-corrected chi connectivity index (χ2v) is 5.85. The maximum Gasteiger partial charge on any atom is 0.218 e. The van der Waals surface area contributed by atoms with Crippen LogP contribution >= 0.6 is 0 Å². The van der Waals surface area contributed by atoms with Gasteiger partial charge in [0.2, 0.25) is 6.54 Å². The zero-order valence-corrected chi connectivity index (χ0v) is 10.8. The van der Waals surface area contributed by atoms with Gasteiger partial charge < -0.3 is 15.1 Å². The molecule has 0 spiro atoms. The molecule has 2 aromatic rings. The van der Waals surface area contributed by atoms with Crippen LogP contribution in [0.2, 0.25) is 0 Å². The molecule has 0 bridgehead atoms. The first-order valence-corrected chi connectivity index (χ1v) is 7.02. The summed E-state index contributed by atoms with van der Waals surface area (Å²) in [4.78, 5) is 6.97. The number of fused-ring (bicyclic) bond motifs is 2. The van der Waals surface area contributed by atoms with Gasteiger partial charge >= 0.3 is 0 Å². The summed E-state index contributed by atoms with van der Waals surface area (Å²) in [7, 11) is 0. The van der Waals surface area contributed by atoms with E-state index in [1.54, 1.807) is 0 Å². The fourth-order valence-corrected chi connectivity index (χ4v) is 3.89. The number of aromatic nitrogens is 1. The number of rotatable bonds is 1. The Bertz CT molecular complexity index is 664. The molecule has 1 aliphatic heterocycles. The van der Waals surface area contributed by atoms with Crippen molar-refractivity contribution in [2.75, 3.05) is 13.1 Å². The minimum atomic E-state index is 0.509. The fourth-order valence-electron chi connectivity index (χ4n) is 3.89. The van der Waals surface area contributed by atoms with Crippen molar-refractivity contribution in [2.45, 2.75) is 24.8 Å². The largest absolute Gasteiger partial charge is 0.361 e. The van der Waals surface area contributed by atoms with Gasteiger partial charge in [0.15, 0.2) is 0 Å². The van der Waals surface area contributed by atoms with E-state index >= 15 is 0 Å². The van der Waals surface area contributed by atoms with Crippen LogP contribution in [0.3, 0.4) is 0 Å². The summed E-state index contributed by atoms with van der Waals surface area (Å²) < 4.78 is 0. The van der Waals surface area contributed by atoms with Gasteiger partial charge in [0, 0.05) is 41.5 Å². The van der Waals surface area contributed by atoms with E-state index < -0.39 is 0 Å². The highest BCUT2D eigenvalue weighted by Gasteiger charge is 2.36. The molecular weight excluding hydrogens is 234 g/mol. The van der Waals surface area contributed by atoms with Crippen molar-refractivity contribution in [1.29, 1.82) is 0 Å². The highest BCUT2D eigenvalue weighted by molar-refractivity contribution is 5.88. The summed E-state index contributed by atoms with van der Waals surface area (Å²) in [5, 5.41) is 5.11. The van der Waals surface area contributed by atoms with E-state index in [2.05, 4.69) is 39.5 Å². The molecule has 3 nitrogen and oxygen atoms in total. The van der Waals surface area contributed by atoms with Gasteiger partial charge in [-0.2, -0.15) is 0 Å². The Hall–Kier alpha value is -1.79. The molecular formula is C16H17N3. The molecule has 1 unspecified atom stereocenters. The predicted octanol–water partition coefficient (Wildman–Crippen LogP) is 2.70. The first kappa shape index (κ1) is 11.1. The van der Waals surface area contributed by atoms with E-state index in [0.717, 1.165) is 19.4 Å². The molecule has 0 saturated carbocycles. The highest BCUT2D eigenvalue weighted by atomic mass is 15.0. The quantitative estimate of drug-likeness (QED) is 0.750. The molecule has 3 atom stereocenters. The number of aromatic amines is 1. The molecule has 1 aromatic heterocycles. The van der Waals surface area contributed by atoms with Gasteiger partial charge in [-0.15, -0.1) is 0 Å². The third-order valence-corrected chi connectivity index (χ3v) is 4.75. The van der Waals surface area contributed by atoms with E-state index in [4.69, 9.17) is 6.57 Å². The van der Waals surface area contributed by atoms with Crippen molar-refractivity contribution in [3.8, 4) is 0 Å². The molecule has 2 heterocycles. The monoisotopic (exact) mass is 251 g/mol. The van der Waals surface area contributed by atoms with Crippen molar-refractivity contribution in [1.82, 2.24) is 10.3 Å². The summed E-state index contributed by atoms with van der Waals surface area (Å²) >= 11 is 0. The second kappa shape index (κ2) is 4.11. The van der Waals surface area contributed by atoms with E-state index in [-0.39, 0.29) is 0 Å². The summed E-state index contributed by atoms with van der Waals surface area (Å²) in [6.07, 6.45) is 4.44. The second-order valence-electron chi connectivity index (χ2n) is 5.85. The lowest BCUT2D eigenvalue weighted by atomic mass is 9.73. The third-order valence-electron chi connectivity index (χ3n) is 4.75. The average molecular weight is 251 g/mol. The molecule has 2 aliphatic rings. The SMILES string of the molecule is [C-]#[N+]CC1CN[C@@H]2Cc3c[nH]c4cccc(c34)[C@H]2C1. The first-order valence-electron chi connectivity index (χ1n) is 7.02. The van der Waals surface area contributed by atoms with Gasteiger partial charge in [-0.1, -0.05) is 12.1 Å². The van der Waals surface area contributed by atoms with Crippen LogP contribution in [0.15, 0.2) is 24.4 Å². The van der Waals surface area contributed by atoms with Gasteiger partial charge in [0.05, 0.1) is 0 Å². The van der Waals surface area contributed by atoms with E-state index in [1.165, 1.54) is 22.0 Å². The summed E-state index contributed by atoms with van der Waals surface area (Å²) in [5.41, 5.74) is 4.19. The molecule has 0 amide bonds.